The van der Waals surface area contributed by atoms with Gasteiger partial charge in [-0.05, 0) is 72.5 Å². The Balaban J connectivity index is 0.000000231. The minimum absolute atomic E-state index is 0.0628. The molecule has 0 amide bonds. The number of fused-ring (bicyclic) bond motifs is 7. The average Bonchev–Trinajstić information content (AvgIpc) is 2.98. The predicted molar refractivity (Wildman–Crippen MR) is 147 cm³/mol. The summed E-state index contributed by atoms with van der Waals surface area (Å²) in [7, 11) is 0. The van der Waals surface area contributed by atoms with Crippen LogP contribution in [0.5, 0.6) is 0 Å². The Kier molecular flexibility index (Phi) is 12.9. The second-order valence-electron chi connectivity index (χ2n) is 8.61. The Morgan fingerprint density at radius 2 is 0.786 bits per heavy atom. The van der Waals surface area contributed by atoms with Gasteiger partial charge in [-0.2, -0.15) is 0 Å². The van der Waals surface area contributed by atoms with E-state index in [9.17, 15) is 28.8 Å². The predicted octanol–water partition coefficient (Wildman–Crippen LogP) is 4.48. The van der Waals surface area contributed by atoms with E-state index in [2.05, 4.69) is 0 Å². The van der Waals surface area contributed by atoms with Crippen LogP contribution in [0.15, 0.2) is 72.8 Å². The number of carbonyl (C=O) groups excluding carboxylic acids is 2. The highest BCUT2D eigenvalue weighted by Crippen LogP contribution is 2.20. The number of aliphatic carboxylic acids is 2. The third-order valence-electron chi connectivity index (χ3n) is 5.53. The van der Waals surface area contributed by atoms with Gasteiger partial charge in [0.05, 0.1) is 22.3 Å². The van der Waals surface area contributed by atoms with E-state index in [0.29, 0.717) is 24.0 Å². The summed E-state index contributed by atoms with van der Waals surface area (Å²) < 4.78 is 9.66. The van der Waals surface area contributed by atoms with E-state index in [1.165, 1.54) is 24.3 Å². The molecule has 2 aliphatic heterocycles. The Hall–Kier alpha value is -5.52. The van der Waals surface area contributed by atoms with Gasteiger partial charge in [0.2, 0.25) is 0 Å². The number of carboxylic acid groups (broad SMARTS) is 4. The molecule has 0 spiro atoms. The van der Waals surface area contributed by atoms with Crippen LogP contribution in [0.1, 0.15) is 67.1 Å². The SMILES string of the molecule is O=C(O)CCCCC(=O)O.O=C(O)c1ccc(-c2ccc(C(=O)O)cc2)cc1.O=C1OCCOC(=O)c2ccc1cc2. The first-order chi connectivity index (χ1) is 20.0. The van der Waals surface area contributed by atoms with Gasteiger partial charge in [0.25, 0.3) is 0 Å². The second-order valence-corrected chi connectivity index (χ2v) is 8.61. The molecule has 3 aromatic rings. The fraction of sp³-hybridized carbons (Fsp3) is 0.200. The van der Waals surface area contributed by atoms with E-state index in [4.69, 9.17) is 29.9 Å². The number of esters is 2. The van der Waals surface area contributed by atoms with Crippen LogP contribution in [-0.2, 0) is 19.1 Å². The van der Waals surface area contributed by atoms with Crippen LogP contribution in [0.2, 0.25) is 0 Å². The first-order valence-corrected chi connectivity index (χ1v) is 12.5. The molecule has 220 valence electrons. The average molecular weight is 581 g/mol. The molecule has 0 saturated heterocycles. The number of hydrogen-bond donors (Lipinski definition) is 4. The van der Waals surface area contributed by atoms with Gasteiger partial charge in [-0.15, -0.1) is 0 Å². The van der Waals surface area contributed by atoms with E-state index in [0.717, 1.165) is 11.1 Å². The van der Waals surface area contributed by atoms with Gasteiger partial charge in [-0.1, -0.05) is 24.3 Å². The molecule has 0 unspecified atom stereocenters. The zero-order chi connectivity index (χ0) is 31.1. The van der Waals surface area contributed by atoms with E-state index >= 15 is 0 Å². The van der Waals surface area contributed by atoms with Crippen molar-refractivity contribution >= 4 is 35.8 Å². The Bertz CT molecular complexity index is 1280. The van der Waals surface area contributed by atoms with Crippen LogP contribution in [0, 0.1) is 0 Å². The van der Waals surface area contributed by atoms with E-state index in [1.54, 1.807) is 48.5 Å². The lowest BCUT2D eigenvalue weighted by Gasteiger charge is -2.09. The van der Waals surface area contributed by atoms with Gasteiger partial charge in [-0.3, -0.25) is 9.59 Å². The summed E-state index contributed by atoms with van der Waals surface area (Å²) in [5.41, 5.74) is 3.03. The zero-order valence-corrected chi connectivity index (χ0v) is 22.2. The van der Waals surface area contributed by atoms with Crippen molar-refractivity contribution in [2.24, 2.45) is 0 Å². The molecule has 0 aromatic heterocycles. The number of carboxylic acids is 4. The standard InChI is InChI=1S/C14H10O4.C10H8O4.C6H10O4/c15-13(16)11-5-1-9(2-6-11)10-3-7-12(8-4-10)14(17)18;11-9-7-1-2-8(4-3-7)10(12)14-6-5-13-9;7-5(8)3-1-2-4-6(9)10/h1-8H,(H,15,16)(H,17,18);1-4H,5-6H2;1-4H2,(H,7,8)(H,9,10). The lowest BCUT2D eigenvalue weighted by atomic mass is 10.0. The molecule has 2 bridgehead atoms. The number of aromatic carboxylic acids is 2. The molecule has 4 N–H and O–H groups in total. The highest BCUT2D eigenvalue weighted by Gasteiger charge is 2.13. The minimum atomic E-state index is -0.970. The van der Waals surface area contributed by atoms with Gasteiger partial charge in [0, 0.05) is 12.8 Å². The quantitative estimate of drug-likeness (QED) is 0.215. The molecule has 2 aliphatic rings. The zero-order valence-electron chi connectivity index (χ0n) is 22.2. The summed E-state index contributed by atoms with van der Waals surface area (Å²) in [6, 6.07) is 19.0. The molecule has 0 saturated carbocycles. The van der Waals surface area contributed by atoms with Crippen molar-refractivity contribution in [3.63, 3.8) is 0 Å². The molecule has 3 aromatic carbocycles. The van der Waals surface area contributed by atoms with Crippen molar-refractivity contribution in [3.05, 3.63) is 95.1 Å². The van der Waals surface area contributed by atoms with Crippen molar-refractivity contribution in [2.75, 3.05) is 13.2 Å². The van der Waals surface area contributed by atoms with Gasteiger partial charge >= 0.3 is 35.8 Å². The Morgan fingerprint density at radius 1 is 0.500 bits per heavy atom. The van der Waals surface area contributed by atoms with Crippen LogP contribution in [-0.4, -0.2) is 69.5 Å². The van der Waals surface area contributed by atoms with Gasteiger partial charge in [0.1, 0.15) is 13.2 Å². The summed E-state index contributed by atoms with van der Waals surface area (Å²) in [4.78, 5) is 63.7. The summed E-state index contributed by atoms with van der Waals surface area (Å²) >= 11 is 0. The summed E-state index contributed by atoms with van der Waals surface area (Å²) in [5, 5.41) is 33.8. The first kappa shape index (κ1) is 32.7. The molecule has 12 heteroatoms. The summed E-state index contributed by atoms with van der Waals surface area (Å²) in [6.45, 7) is 0.200. The molecule has 5 rings (SSSR count). The van der Waals surface area contributed by atoms with Crippen LogP contribution in [0.4, 0.5) is 0 Å². The minimum Gasteiger partial charge on any atom is -0.481 e. The molecule has 2 heterocycles. The topological polar surface area (TPSA) is 202 Å². The smallest absolute Gasteiger partial charge is 0.338 e. The largest absolute Gasteiger partial charge is 0.481 e. The van der Waals surface area contributed by atoms with E-state index in [-0.39, 0.29) is 37.2 Å². The molecule has 0 atom stereocenters. The maximum absolute atomic E-state index is 11.3. The van der Waals surface area contributed by atoms with Crippen LogP contribution >= 0.6 is 0 Å². The van der Waals surface area contributed by atoms with Crippen molar-refractivity contribution < 1.29 is 58.7 Å². The van der Waals surface area contributed by atoms with Crippen LogP contribution < -0.4 is 0 Å². The second kappa shape index (κ2) is 16.6. The fourth-order valence-corrected chi connectivity index (χ4v) is 3.34. The van der Waals surface area contributed by atoms with Crippen molar-refractivity contribution in [3.8, 4) is 11.1 Å². The lowest BCUT2D eigenvalue weighted by Crippen LogP contribution is -2.16. The van der Waals surface area contributed by atoms with E-state index in [1.807, 2.05) is 0 Å². The molecule has 0 radical (unpaired) electrons. The van der Waals surface area contributed by atoms with Crippen molar-refractivity contribution in [1.29, 1.82) is 0 Å². The summed E-state index contributed by atoms with van der Waals surface area (Å²) in [5.74, 6) is -4.47. The van der Waals surface area contributed by atoms with Crippen LogP contribution in [0.25, 0.3) is 11.1 Å². The van der Waals surface area contributed by atoms with Crippen LogP contribution in [0.3, 0.4) is 0 Å². The first-order valence-electron chi connectivity index (χ1n) is 12.5. The number of unbranched alkanes of at least 4 members (excludes halogenated alkanes) is 1. The van der Waals surface area contributed by atoms with E-state index < -0.39 is 35.8 Å². The monoisotopic (exact) mass is 580 g/mol. The lowest BCUT2D eigenvalue weighted by molar-refractivity contribution is -0.139. The third kappa shape index (κ3) is 11.3. The maximum atomic E-state index is 11.3. The highest BCUT2D eigenvalue weighted by molar-refractivity contribution is 5.93. The molecule has 42 heavy (non-hydrogen) atoms. The molecule has 12 nitrogen and oxygen atoms in total. The normalized spacial score (nSPS) is 11.8. The number of hydrogen-bond acceptors (Lipinski definition) is 8. The number of carbonyl (C=O) groups is 6. The van der Waals surface area contributed by atoms with Gasteiger partial charge < -0.3 is 29.9 Å². The Morgan fingerprint density at radius 3 is 1.05 bits per heavy atom. The molecule has 0 fully saturated rings. The molecule has 0 aliphatic carbocycles. The van der Waals surface area contributed by atoms with Crippen molar-refractivity contribution in [1.82, 2.24) is 0 Å². The number of rotatable bonds is 8. The van der Waals surface area contributed by atoms with Gasteiger partial charge in [0.15, 0.2) is 0 Å². The maximum Gasteiger partial charge on any atom is 0.338 e. The summed E-state index contributed by atoms with van der Waals surface area (Å²) in [6.07, 6.45) is 1.02. The molecular weight excluding hydrogens is 552 g/mol. The Labute approximate surface area is 239 Å². The van der Waals surface area contributed by atoms with Gasteiger partial charge in [-0.25, -0.2) is 19.2 Å². The van der Waals surface area contributed by atoms with Crippen molar-refractivity contribution in [2.45, 2.75) is 25.7 Å². The third-order valence-corrected chi connectivity index (χ3v) is 5.53. The number of ether oxygens (including phenoxy) is 2. The fourth-order valence-electron chi connectivity index (χ4n) is 3.34. The number of benzene rings is 3. The highest BCUT2D eigenvalue weighted by atomic mass is 16.6. The molecular formula is C30H28O12.